The molecule has 0 amide bonds. The second-order valence-electron chi connectivity index (χ2n) is 7.34. The predicted molar refractivity (Wildman–Crippen MR) is 112 cm³/mol. The van der Waals surface area contributed by atoms with Crippen molar-refractivity contribution in [3.05, 3.63) is 71.3 Å². The van der Waals surface area contributed by atoms with E-state index in [1.54, 1.807) is 6.21 Å². The maximum atomic E-state index is 4.80. The van der Waals surface area contributed by atoms with Crippen LogP contribution in [0.25, 0.3) is 6.08 Å². The van der Waals surface area contributed by atoms with Crippen LogP contribution in [0.4, 0.5) is 5.69 Å². The molecule has 3 rings (SSSR count). The number of benzene rings is 2. The first-order valence-corrected chi connectivity index (χ1v) is 8.86. The lowest BCUT2D eigenvalue weighted by atomic mass is 9.89. The largest absolute Gasteiger partial charge is 0.378 e. The molecule has 1 heterocycles. The molecule has 1 N–H and O–H groups in total. The standard InChI is InChI=1S/C22H26N4/c1-22(2)16-18-9-5-6-10-20(18)21(24-22)25-23-15-7-8-17-11-13-19(14-12-17)26(3)4/h5-15H,16H2,1-4H3,(H,24,25). The first-order valence-electron chi connectivity index (χ1n) is 8.86. The summed E-state index contributed by atoms with van der Waals surface area (Å²) in [7, 11) is 4.08. The quantitative estimate of drug-likeness (QED) is 0.668. The molecule has 0 fully saturated rings. The third-order valence-electron chi connectivity index (χ3n) is 4.34. The summed E-state index contributed by atoms with van der Waals surface area (Å²) in [6.07, 6.45) is 6.66. The van der Waals surface area contributed by atoms with E-state index in [1.807, 2.05) is 32.3 Å². The van der Waals surface area contributed by atoms with Crippen molar-refractivity contribution in [2.45, 2.75) is 25.8 Å². The summed E-state index contributed by atoms with van der Waals surface area (Å²) >= 11 is 0. The molecule has 0 spiro atoms. The van der Waals surface area contributed by atoms with Gasteiger partial charge in [-0.1, -0.05) is 42.5 Å². The summed E-state index contributed by atoms with van der Waals surface area (Å²) in [5.74, 6) is 0.830. The van der Waals surface area contributed by atoms with E-state index in [0.29, 0.717) is 0 Å². The Morgan fingerprint density at radius 3 is 2.54 bits per heavy atom. The third kappa shape index (κ3) is 4.39. The zero-order chi connectivity index (χ0) is 18.6. The second kappa shape index (κ2) is 7.56. The molecular weight excluding hydrogens is 320 g/mol. The fourth-order valence-corrected chi connectivity index (χ4v) is 3.04. The number of allylic oxidation sites excluding steroid dienone is 1. The molecule has 26 heavy (non-hydrogen) atoms. The highest BCUT2D eigenvalue weighted by Crippen LogP contribution is 2.25. The summed E-state index contributed by atoms with van der Waals surface area (Å²) in [4.78, 5) is 6.89. The number of hydrogen-bond donors (Lipinski definition) is 1. The minimum absolute atomic E-state index is 0.115. The summed E-state index contributed by atoms with van der Waals surface area (Å²) in [6.45, 7) is 4.29. The van der Waals surface area contributed by atoms with Crippen LogP contribution in [0.3, 0.4) is 0 Å². The normalized spacial score (nSPS) is 15.8. The van der Waals surface area contributed by atoms with Gasteiger partial charge in [0, 0.05) is 31.6 Å². The lowest BCUT2D eigenvalue weighted by Gasteiger charge is -2.28. The monoisotopic (exact) mass is 346 g/mol. The molecule has 2 aromatic rings. The fraction of sp³-hybridized carbons (Fsp3) is 0.273. The molecule has 0 bridgehead atoms. The molecule has 2 aromatic carbocycles. The average molecular weight is 346 g/mol. The van der Waals surface area contributed by atoms with Gasteiger partial charge in [-0.3, -0.25) is 10.4 Å². The maximum Gasteiger partial charge on any atom is 0.149 e. The SMILES string of the molecule is CN(C)c1ccc(C=CC=NNC2=NC(C)(C)Cc3ccccc32)cc1. The molecule has 1 aliphatic rings. The molecule has 0 aromatic heterocycles. The van der Waals surface area contributed by atoms with Gasteiger partial charge in [0.2, 0.25) is 0 Å². The van der Waals surface area contributed by atoms with Gasteiger partial charge in [0.05, 0.1) is 5.54 Å². The lowest BCUT2D eigenvalue weighted by Crippen LogP contribution is -2.34. The number of hydrazone groups is 1. The zero-order valence-electron chi connectivity index (χ0n) is 15.9. The van der Waals surface area contributed by atoms with Crippen molar-refractivity contribution in [2.75, 3.05) is 19.0 Å². The minimum Gasteiger partial charge on any atom is -0.378 e. The smallest absolute Gasteiger partial charge is 0.149 e. The van der Waals surface area contributed by atoms with Crippen LogP contribution in [0.15, 0.2) is 64.7 Å². The van der Waals surface area contributed by atoms with Gasteiger partial charge in [0.1, 0.15) is 5.84 Å². The van der Waals surface area contributed by atoms with E-state index in [0.717, 1.165) is 23.4 Å². The van der Waals surface area contributed by atoms with E-state index in [1.165, 1.54) is 11.3 Å². The van der Waals surface area contributed by atoms with Crippen molar-refractivity contribution in [3.63, 3.8) is 0 Å². The Labute approximate surface area is 156 Å². The Balaban J connectivity index is 1.65. The fourth-order valence-electron chi connectivity index (χ4n) is 3.04. The van der Waals surface area contributed by atoms with Gasteiger partial charge in [0.25, 0.3) is 0 Å². The van der Waals surface area contributed by atoms with Gasteiger partial charge in [0.15, 0.2) is 0 Å². The van der Waals surface area contributed by atoms with Gasteiger partial charge in [-0.15, -0.1) is 0 Å². The number of anilines is 1. The Bertz CT molecular complexity index is 843. The Hall–Kier alpha value is -2.88. The summed E-state index contributed by atoms with van der Waals surface area (Å²) < 4.78 is 0. The average Bonchev–Trinajstić information content (AvgIpc) is 2.60. The topological polar surface area (TPSA) is 40.0 Å². The summed E-state index contributed by atoms with van der Waals surface area (Å²) in [5.41, 5.74) is 7.76. The minimum atomic E-state index is -0.115. The van der Waals surface area contributed by atoms with Gasteiger partial charge in [-0.2, -0.15) is 5.10 Å². The van der Waals surface area contributed by atoms with E-state index >= 15 is 0 Å². The molecule has 0 radical (unpaired) electrons. The third-order valence-corrected chi connectivity index (χ3v) is 4.34. The van der Waals surface area contributed by atoms with E-state index in [-0.39, 0.29) is 5.54 Å². The van der Waals surface area contributed by atoms with Gasteiger partial charge in [-0.05, 0) is 49.6 Å². The molecule has 0 unspecified atom stereocenters. The first kappa shape index (κ1) is 17.9. The maximum absolute atomic E-state index is 4.80. The van der Waals surface area contributed by atoms with Gasteiger partial charge >= 0.3 is 0 Å². The molecule has 0 saturated heterocycles. The van der Waals surface area contributed by atoms with Crippen molar-refractivity contribution < 1.29 is 0 Å². The van der Waals surface area contributed by atoms with E-state index in [4.69, 9.17) is 4.99 Å². The summed E-state index contributed by atoms with van der Waals surface area (Å²) in [5, 5.41) is 4.32. The second-order valence-corrected chi connectivity index (χ2v) is 7.34. The number of hydrogen-bond acceptors (Lipinski definition) is 4. The molecule has 4 heteroatoms. The van der Waals surface area contributed by atoms with Crippen molar-refractivity contribution in [1.82, 2.24) is 5.43 Å². The molecule has 134 valence electrons. The highest BCUT2D eigenvalue weighted by molar-refractivity contribution is 6.01. The van der Waals surface area contributed by atoms with Crippen molar-refractivity contribution in [3.8, 4) is 0 Å². The molecule has 0 atom stereocenters. The number of amidine groups is 1. The highest BCUT2D eigenvalue weighted by atomic mass is 15.3. The number of fused-ring (bicyclic) bond motifs is 1. The van der Waals surface area contributed by atoms with Crippen LogP contribution in [0.2, 0.25) is 0 Å². The van der Waals surface area contributed by atoms with Gasteiger partial charge in [-0.25, -0.2) is 0 Å². The van der Waals surface area contributed by atoms with Crippen molar-refractivity contribution in [2.24, 2.45) is 10.1 Å². The van der Waals surface area contributed by atoms with Crippen LogP contribution >= 0.6 is 0 Å². The molecule has 4 nitrogen and oxygen atoms in total. The van der Waals surface area contributed by atoms with Crippen LogP contribution in [0.1, 0.15) is 30.5 Å². The number of aliphatic imine (C=N–C) groups is 1. The Kier molecular flexibility index (Phi) is 5.21. The highest BCUT2D eigenvalue weighted by Gasteiger charge is 2.26. The number of nitrogens with one attached hydrogen (secondary N) is 1. The lowest BCUT2D eigenvalue weighted by molar-refractivity contribution is 0.509. The van der Waals surface area contributed by atoms with E-state index in [9.17, 15) is 0 Å². The van der Waals surface area contributed by atoms with Crippen LogP contribution in [-0.2, 0) is 6.42 Å². The van der Waals surface area contributed by atoms with Crippen molar-refractivity contribution in [1.29, 1.82) is 0 Å². The molecule has 1 aliphatic heterocycles. The van der Waals surface area contributed by atoms with Crippen LogP contribution in [0.5, 0.6) is 0 Å². The Morgan fingerprint density at radius 1 is 1.08 bits per heavy atom. The Morgan fingerprint density at radius 2 is 1.81 bits per heavy atom. The van der Waals surface area contributed by atoms with Gasteiger partial charge < -0.3 is 4.90 Å². The zero-order valence-corrected chi connectivity index (χ0v) is 15.9. The van der Waals surface area contributed by atoms with E-state index in [2.05, 4.69) is 71.7 Å². The van der Waals surface area contributed by atoms with Crippen molar-refractivity contribution >= 4 is 23.8 Å². The van der Waals surface area contributed by atoms with Crippen LogP contribution in [-0.4, -0.2) is 31.7 Å². The van der Waals surface area contributed by atoms with E-state index < -0.39 is 0 Å². The van der Waals surface area contributed by atoms with Crippen LogP contribution < -0.4 is 10.3 Å². The molecule has 0 aliphatic carbocycles. The number of rotatable bonds is 4. The molecule has 0 saturated carbocycles. The first-order chi connectivity index (χ1) is 12.4. The summed E-state index contributed by atoms with van der Waals surface area (Å²) in [6, 6.07) is 16.8. The predicted octanol–water partition coefficient (Wildman–Crippen LogP) is 4.12. The molecular formula is C22H26N4. The number of nitrogens with zero attached hydrogens (tertiary/aromatic N) is 3. The van der Waals surface area contributed by atoms with Crippen LogP contribution in [0, 0.1) is 0 Å².